The maximum Gasteiger partial charge on any atom is 0.335 e. The van der Waals surface area contributed by atoms with Crippen LogP contribution in [0, 0.1) is 39.9 Å². The van der Waals surface area contributed by atoms with Crippen LogP contribution in [0.3, 0.4) is 0 Å². The van der Waals surface area contributed by atoms with Crippen molar-refractivity contribution in [3.8, 4) is 24.0 Å². The third-order valence-corrected chi connectivity index (χ3v) is 11.7. The number of hydrogen-bond acceptors (Lipinski definition) is 10. The molecule has 0 bridgehead atoms. The molecule has 1 aromatic carbocycles. The SMILES string of the molecule is CCCCC(CC)COc1cccc(C(=C2C=C(C)NC(C)=C2)C2=C(C#N)C(=C(C#N)C#N)OC2(S(C)(=O)=O)S(C)(=O)=O)c1. The average Bonchev–Trinajstić information content (AvgIpc) is 3.30. The van der Waals surface area contributed by atoms with Gasteiger partial charge in [-0.3, -0.25) is 0 Å². The Kier molecular flexibility index (Phi) is 10.5. The maximum absolute atomic E-state index is 13.6. The summed E-state index contributed by atoms with van der Waals surface area (Å²) in [6, 6.07) is 11.8. The highest BCUT2D eigenvalue weighted by Gasteiger charge is 2.63. The molecular weight excluding hydrogens is 601 g/mol. The first-order valence-corrected chi connectivity index (χ1v) is 17.9. The van der Waals surface area contributed by atoms with Gasteiger partial charge in [0.25, 0.3) is 0 Å². The lowest BCUT2D eigenvalue weighted by atomic mass is 9.88. The number of nitriles is 3. The zero-order chi connectivity index (χ0) is 32.9. The van der Waals surface area contributed by atoms with E-state index in [9.17, 15) is 32.6 Å². The molecule has 2 heterocycles. The van der Waals surface area contributed by atoms with Gasteiger partial charge in [-0.15, -0.1) is 0 Å². The van der Waals surface area contributed by atoms with Gasteiger partial charge in [-0.2, -0.15) is 15.8 Å². The zero-order valence-corrected chi connectivity index (χ0v) is 27.3. The van der Waals surface area contributed by atoms with Gasteiger partial charge in [0.15, 0.2) is 11.3 Å². The molecule has 10 nitrogen and oxygen atoms in total. The summed E-state index contributed by atoms with van der Waals surface area (Å²) in [4.78, 5) is 0. The number of allylic oxidation sites excluding steroid dienone is 7. The van der Waals surface area contributed by atoms with Crippen molar-refractivity contribution in [2.24, 2.45) is 5.92 Å². The zero-order valence-electron chi connectivity index (χ0n) is 25.7. The Bertz CT molecular complexity index is 1780. The van der Waals surface area contributed by atoms with Gasteiger partial charge in [-0.25, -0.2) is 16.8 Å². The van der Waals surface area contributed by atoms with Gasteiger partial charge in [-0.05, 0) is 61.6 Å². The number of rotatable bonds is 11. The minimum absolute atomic E-state index is 0.0614. The van der Waals surface area contributed by atoms with Gasteiger partial charge < -0.3 is 14.8 Å². The second kappa shape index (κ2) is 13.5. The summed E-state index contributed by atoms with van der Waals surface area (Å²) in [7, 11) is -9.51. The Hall–Kier alpha value is -4.31. The Morgan fingerprint density at radius 3 is 2.14 bits per heavy atom. The number of sulfone groups is 2. The van der Waals surface area contributed by atoms with E-state index in [1.54, 1.807) is 62.4 Å². The molecule has 3 rings (SSSR count). The molecular formula is C32H36N4O6S2. The van der Waals surface area contributed by atoms with Crippen molar-refractivity contribution in [3.05, 3.63) is 81.4 Å². The van der Waals surface area contributed by atoms with E-state index in [1.165, 1.54) is 0 Å². The quantitative estimate of drug-likeness (QED) is 0.313. The molecule has 0 aliphatic carbocycles. The van der Waals surface area contributed by atoms with E-state index in [0.717, 1.165) is 25.7 Å². The van der Waals surface area contributed by atoms with Crippen molar-refractivity contribution >= 4 is 25.2 Å². The molecule has 2 aliphatic heterocycles. The minimum Gasteiger partial charge on any atom is -0.493 e. The smallest absolute Gasteiger partial charge is 0.335 e. The summed E-state index contributed by atoms with van der Waals surface area (Å²) < 4.78 is 63.1. The van der Waals surface area contributed by atoms with Crippen molar-refractivity contribution in [1.29, 1.82) is 15.8 Å². The Morgan fingerprint density at radius 2 is 1.64 bits per heavy atom. The summed E-state index contributed by atoms with van der Waals surface area (Å²) in [5.41, 5.74) is 0.328. The monoisotopic (exact) mass is 636 g/mol. The molecule has 0 aromatic heterocycles. The fourth-order valence-corrected chi connectivity index (χ4v) is 9.15. The van der Waals surface area contributed by atoms with Crippen LogP contribution in [0.1, 0.15) is 58.9 Å². The molecule has 44 heavy (non-hydrogen) atoms. The van der Waals surface area contributed by atoms with E-state index in [1.807, 2.05) is 6.07 Å². The van der Waals surface area contributed by atoms with Gasteiger partial charge in [0.1, 0.15) is 29.5 Å². The summed E-state index contributed by atoms with van der Waals surface area (Å²) in [6.07, 6.45) is 8.78. The molecule has 1 aromatic rings. The van der Waals surface area contributed by atoms with Crippen LogP contribution in [0.25, 0.3) is 5.57 Å². The summed E-state index contributed by atoms with van der Waals surface area (Å²) in [5, 5.41) is 32.8. The Balaban J connectivity index is 2.50. The van der Waals surface area contributed by atoms with Gasteiger partial charge in [-0.1, -0.05) is 45.2 Å². The molecule has 1 atom stereocenters. The average molecular weight is 637 g/mol. The highest BCUT2D eigenvalue weighted by Crippen LogP contribution is 2.53. The second-order valence-corrected chi connectivity index (χ2v) is 15.4. The summed E-state index contributed by atoms with van der Waals surface area (Å²) in [5.74, 6) is 0.0592. The molecule has 232 valence electrons. The lowest BCUT2D eigenvalue weighted by molar-refractivity contribution is 0.199. The Morgan fingerprint density at radius 1 is 1.02 bits per heavy atom. The van der Waals surface area contributed by atoms with Crippen LogP contribution in [-0.4, -0.2) is 40.2 Å². The predicted molar refractivity (Wildman–Crippen MR) is 167 cm³/mol. The van der Waals surface area contributed by atoms with E-state index in [0.29, 0.717) is 53.3 Å². The molecule has 2 aliphatic rings. The number of benzene rings is 1. The second-order valence-electron chi connectivity index (χ2n) is 10.9. The van der Waals surface area contributed by atoms with Crippen molar-refractivity contribution in [1.82, 2.24) is 5.32 Å². The minimum atomic E-state index is -4.75. The molecule has 12 heteroatoms. The summed E-state index contributed by atoms with van der Waals surface area (Å²) >= 11 is 0. The van der Waals surface area contributed by atoms with Gasteiger partial charge in [0.2, 0.25) is 19.7 Å². The Labute approximate surface area is 260 Å². The van der Waals surface area contributed by atoms with Crippen LogP contribution in [0.5, 0.6) is 5.75 Å². The fourth-order valence-electron chi connectivity index (χ4n) is 5.33. The van der Waals surface area contributed by atoms with E-state index in [4.69, 9.17) is 9.47 Å². The first-order valence-electron chi connectivity index (χ1n) is 14.1. The standard InChI is InChI=1S/C32H36N4O6S2/c1-7-9-11-23(8-2)20-41-27-13-10-12-24(16-27)29(25-14-21(3)36-22(4)15-25)30-28(19-35)31(26(17-33)18-34)42-32(30,43(5,37)38)44(6,39)40/h10,12-16,23,36H,7-9,11,20H2,1-6H3. The van der Waals surface area contributed by atoms with Crippen LogP contribution in [0.15, 0.2) is 75.9 Å². The first kappa shape index (κ1) is 34.2. The van der Waals surface area contributed by atoms with Crippen LogP contribution in [0.2, 0.25) is 0 Å². The van der Waals surface area contributed by atoms with E-state index in [-0.39, 0.29) is 5.57 Å². The largest absolute Gasteiger partial charge is 0.493 e. The van der Waals surface area contributed by atoms with E-state index < -0.39 is 46.4 Å². The lowest BCUT2D eigenvalue weighted by Crippen LogP contribution is -2.47. The van der Waals surface area contributed by atoms with Crippen LogP contribution < -0.4 is 10.1 Å². The first-order chi connectivity index (χ1) is 20.7. The molecule has 1 N–H and O–H groups in total. The molecule has 0 spiro atoms. The van der Waals surface area contributed by atoms with Gasteiger partial charge in [0.05, 0.1) is 12.2 Å². The van der Waals surface area contributed by atoms with Gasteiger partial charge >= 0.3 is 4.27 Å². The van der Waals surface area contributed by atoms with Crippen molar-refractivity contribution in [2.45, 2.75) is 57.6 Å². The molecule has 0 saturated heterocycles. The number of ether oxygens (including phenoxy) is 2. The topological polar surface area (TPSA) is 170 Å². The molecule has 1 unspecified atom stereocenters. The number of nitrogens with zero attached hydrogens (tertiary/aromatic N) is 3. The fraction of sp³-hybridized carbons (Fsp3) is 0.406. The number of hydrogen-bond donors (Lipinski definition) is 1. The third-order valence-electron chi connectivity index (χ3n) is 7.39. The van der Waals surface area contributed by atoms with Crippen LogP contribution >= 0.6 is 0 Å². The van der Waals surface area contributed by atoms with Gasteiger partial charge in [0, 0.05) is 29.5 Å². The van der Waals surface area contributed by atoms with E-state index >= 15 is 0 Å². The van der Waals surface area contributed by atoms with Crippen LogP contribution in [0.4, 0.5) is 0 Å². The normalized spacial score (nSPS) is 16.8. The van der Waals surface area contributed by atoms with Crippen LogP contribution in [-0.2, 0) is 24.4 Å². The predicted octanol–water partition coefficient (Wildman–Crippen LogP) is 5.34. The molecule has 0 radical (unpaired) electrons. The lowest BCUT2D eigenvalue weighted by Gasteiger charge is -2.30. The van der Waals surface area contributed by atoms with E-state index in [2.05, 4.69) is 19.2 Å². The number of unbranched alkanes of at least 4 members (excludes halogenated alkanes) is 1. The molecule has 0 saturated carbocycles. The molecule has 0 fully saturated rings. The van der Waals surface area contributed by atoms with Crippen molar-refractivity contribution in [2.75, 3.05) is 19.1 Å². The molecule has 0 amide bonds. The van der Waals surface area contributed by atoms with Crippen molar-refractivity contribution < 1.29 is 26.3 Å². The van der Waals surface area contributed by atoms with Crippen molar-refractivity contribution in [3.63, 3.8) is 0 Å². The number of nitrogens with one attached hydrogen (secondary N) is 1. The third kappa shape index (κ3) is 6.60. The number of dihydropyridines is 1. The highest BCUT2D eigenvalue weighted by atomic mass is 32.3. The summed E-state index contributed by atoms with van der Waals surface area (Å²) in [6.45, 7) is 8.21. The maximum atomic E-state index is 13.6. The highest BCUT2D eigenvalue weighted by molar-refractivity contribution is 8.09.